The number of nitrogens with one attached hydrogen (secondary N) is 1. The molecule has 0 aliphatic carbocycles. The van der Waals surface area contributed by atoms with Gasteiger partial charge in [-0.1, -0.05) is 6.92 Å². The Bertz CT molecular complexity index is 259. The first kappa shape index (κ1) is 16.4. The molecule has 112 valence electrons. The molecule has 1 rings (SSSR count). The SMILES string of the molecule is CCNC(CN1CCCC(OCC)C1)C(=O)OCC. The Morgan fingerprint density at radius 2 is 2.16 bits per heavy atom. The normalized spacial score (nSPS) is 22.2. The smallest absolute Gasteiger partial charge is 0.324 e. The topological polar surface area (TPSA) is 50.8 Å². The number of carbonyl (C=O) groups is 1. The first-order valence-electron chi connectivity index (χ1n) is 7.45. The maximum absolute atomic E-state index is 11.9. The first-order chi connectivity index (χ1) is 9.21. The summed E-state index contributed by atoms with van der Waals surface area (Å²) in [7, 11) is 0. The number of likely N-dealkylation sites (tertiary alicyclic amines) is 1. The number of piperidine rings is 1. The van der Waals surface area contributed by atoms with Crippen molar-refractivity contribution in [3.05, 3.63) is 0 Å². The second-order valence-electron chi connectivity index (χ2n) is 4.84. The van der Waals surface area contributed by atoms with E-state index in [0.29, 0.717) is 19.3 Å². The molecule has 1 N–H and O–H groups in total. The van der Waals surface area contributed by atoms with Crippen LogP contribution in [0.25, 0.3) is 0 Å². The van der Waals surface area contributed by atoms with Crippen LogP contribution in [0.5, 0.6) is 0 Å². The third-order valence-corrected chi connectivity index (χ3v) is 3.33. The van der Waals surface area contributed by atoms with Gasteiger partial charge in [0.15, 0.2) is 0 Å². The minimum Gasteiger partial charge on any atom is -0.465 e. The molecule has 2 atom stereocenters. The average Bonchev–Trinajstić information content (AvgIpc) is 2.39. The van der Waals surface area contributed by atoms with Crippen LogP contribution in [0, 0.1) is 0 Å². The lowest BCUT2D eigenvalue weighted by molar-refractivity contribution is -0.146. The van der Waals surface area contributed by atoms with Crippen LogP contribution in [0.15, 0.2) is 0 Å². The van der Waals surface area contributed by atoms with Crippen LogP contribution in [-0.4, -0.2) is 62.4 Å². The molecular formula is C14H28N2O3. The van der Waals surface area contributed by atoms with Crippen LogP contribution in [0.2, 0.25) is 0 Å². The summed E-state index contributed by atoms with van der Waals surface area (Å²) in [6.45, 7) is 10.5. The summed E-state index contributed by atoms with van der Waals surface area (Å²) >= 11 is 0. The molecule has 1 fully saturated rings. The predicted octanol–water partition coefficient (Wildman–Crippen LogP) is 1.03. The third-order valence-electron chi connectivity index (χ3n) is 3.33. The van der Waals surface area contributed by atoms with Crippen LogP contribution >= 0.6 is 0 Å². The van der Waals surface area contributed by atoms with E-state index in [9.17, 15) is 4.79 Å². The Balaban J connectivity index is 2.45. The van der Waals surface area contributed by atoms with Gasteiger partial charge in [-0.15, -0.1) is 0 Å². The van der Waals surface area contributed by atoms with Gasteiger partial charge < -0.3 is 14.8 Å². The Labute approximate surface area is 116 Å². The zero-order valence-electron chi connectivity index (χ0n) is 12.5. The maximum atomic E-state index is 11.9. The molecule has 0 amide bonds. The molecule has 1 aliphatic heterocycles. The molecule has 0 bridgehead atoms. The molecule has 1 heterocycles. The van der Waals surface area contributed by atoms with Gasteiger partial charge in [-0.05, 0) is 39.8 Å². The number of carbonyl (C=O) groups excluding carboxylic acids is 1. The molecular weight excluding hydrogens is 244 g/mol. The zero-order chi connectivity index (χ0) is 14.1. The Morgan fingerprint density at radius 3 is 2.79 bits per heavy atom. The van der Waals surface area contributed by atoms with Gasteiger partial charge in [0.05, 0.1) is 12.7 Å². The fraction of sp³-hybridized carbons (Fsp3) is 0.929. The molecule has 19 heavy (non-hydrogen) atoms. The van der Waals surface area contributed by atoms with Gasteiger partial charge in [-0.3, -0.25) is 9.69 Å². The summed E-state index contributed by atoms with van der Waals surface area (Å²) in [5.74, 6) is -0.150. The fourth-order valence-corrected chi connectivity index (χ4v) is 2.52. The standard InChI is InChI=1S/C14H28N2O3/c1-4-15-13(14(17)19-6-3)11-16-9-7-8-12(10-16)18-5-2/h12-13,15H,4-11H2,1-3H3. The van der Waals surface area contributed by atoms with E-state index in [1.807, 2.05) is 20.8 Å². The number of ether oxygens (including phenoxy) is 2. The third kappa shape index (κ3) is 5.89. The van der Waals surface area contributed by atoms with E-state index in [1.54, 1.807) is 0 Å². The fourth-order valence-electron chi connectivity index (χ4n) is 2.52. The summed E-state index contributed by atoms with van der Waals surface area (Å²) in [6, 6.07) is -0.231. The van der Waals surface area contributed by atoms with Crippen molar-refractivity contribution in [2.45, 2.75) is 45.8 Å². The summed E-state index contributed by atoms with van der Waals surface area (Å²) in [5, 5.41) is 3.20. The van der Waals surface area contributed by atoms with Crippen molar-refractivity contribution in [3.8, 4) is 0 Å². The minimum atomic E-state index is -0.231. The van der Waals surface area contributed by atoms with Crippen molar-refractivity contribution in [3.63, 3.8) is 0 Å². The molecule has 0 spiro atoms. The molecule has 5 heteroatoms. The molecule has 0 saturated carbocycles. The highest BCUT2D eigenvalue weighted by atomic mass is 16.5. The molecule has 0 radical (unpaired) electrons. The Kier molecular flexibility index (Phi) is 8.02. The molecule has 0 aromatic carbocycles. The van der Waals surface area contributed by atoms with E-state index in [2.05, 4.69) is 10.2 Å². The lowest BCUT2D eigenvalue weighted by Crippen LogP contribution is -2.50. The van der Waals surface area contributed by atoms with Crippen LogP contribution in [0.1, 0.15) is 33.6 Å². The molecule has 1 aliphatic rings. The summed E-state index contributed by atoms with van der Waals surface area (Å²) in [5.41, 5.74) is 0. The van der Waals surface area contributed by atoms with Gasteiger partial charge in [0.1, 0.15) is 6.04 Å². The van der Waals surface area contributed by atoms with Crippen molar-refractivity contribution in [2.24, 2.45) is 0 Å². The van der Waals surface area contributed by atoms with E-state index >= 15 is 0 Å². The van der Waals surface area contributed by atoms with Gasteiger partial charge in [-0.25, -0.2) is 0 Å². The van der Waals surface area contributed by atoms with E-state index in [1.165, 1.54) is 0 Å². The number of hydrogen-bond acceptors (Lipinski definition) is 5. The minimum absolute atomic E-state index is 0.150. The highest BCUT2D eigenvalue weighted by molar-refractivity contribution is 5.76. The van der Waals surface area contributed by atoms with Crippen LogP contribution < -0.4 is 5.32 Å². The highest BCUT2D eigenvalue weighted by Gasteiger charge is 2.26. The number of likely N-dealkylation sites (N-methyl/N-ethyl adjacent to an activating group) is 1. The number of rotatable bonds is 8. The van der Waals surface area contributed by atoms with Gasteiger partial charge in [0, 0.05) is 19.7 Å². The van der Waals surface area contributed by atoms with Crippen LogP contribution in [0.4, 0.5) is 0 Å². The second kappa shape index (κ2) is 9.28. The van der Waals surface area contributed by atoms with Crippen molar-refractivity contribution >= 4 is 5.97 Å². The Hall–Kier alpha value is -0.650. The predicted molar refractivity (Wildman–Crippen MR) is 75.2 cm³/mol. The quantitative estimate of drug-likeness (QED) is 0.669. The lowest BCUT2D eigenvalue weighted by atomic mass is 10.1. The summed E-state index contributed by atoms with van der Waals surface area (Å²) in [4.78, 5) is 14.2. The highest BCUT2D eigenvalue weighted by Crippen LogP contribution is 2.13. The van der Waals surface area contributed by atoms with Crippen molar-refractivity contribution in [1.29, 1.82) is 0 Å². The van der Waals surface area contributed by atoms with Gasteiger partial charge in [0.2, 0.25) is 0 Å². The van der Waals surface area contributed by atoms with Crippen molar-refractivity contribution in [1.82, 2.24) is 10.2 Å². The van der Waals surface area contributed by atoms with E-state index in [0.717, 1.165) is 39.1 Å². The van der Waals surface area contributed by atoms with Gasteiger partial charge >= 0.3 is 5.97 Å². The van der Waals surface area contributed by atoms with Crippen molar-refractivity contribution < 1.29 is 14.3 Å². The monoisotopic (exact) mass is 272 g/mol. The van der Waals surface area contributed by atoms with Crippen molar-refractivity contribution in [2.75, 3.05) is 39.4 Å². The number of hydrogen-bond donors (Lipinski definition) is 1. The first-order valence-corrected chi connectivity index (χ1v) is 7.45. The molecule has 2 unspecified atom stereocenters. The summed E-state index contributed by atoms with van der Waals surface area (Å²) in [6.07, 6.45) is 2.56. The molecule has 0 aromatic rings. The average molecular weight is 272 g/mol. The van der Waals surface area contributed by atoms with Crippen LogP contribution in [-0.2, 0) is 14.3 Å². The zero-order valence-corrected chi connectivity index (χ0v) is 12.5. The summed E-state index contributed by atoms with van der Waals surface area (Å²) < 4.78 is 10.8. The van der Waals surface area contributed by atoms with Gasteiger partial charge in [0.25, 0.3) is 0 Å². The largest absolute Gasteiger partial charge is 0.465 e. The van der Waals surface area contributed by atoms with E-state index in [-0.39, 0.29) is 12.0 Å². The molecule has 5 nitrogen and oxygen atoms in total. The van der Waals surface area contributed by atoms with E-state index < -0.39 is 0 Å². The molecule has 1 saturated heterocycles. The number of nitrogens with zero attached hydrogens (tertiary/aromatic N) is 1. The lowest BCUT2D eigenvalue weighted by Gasteiger charge is -2.34. The Morgan fingerprint density at radius 1 is 1.37 bits per heavy atom. The second-order valence-corrected chi connectivity index (χ2v) is 4.84. The number of esters is 1. The molecule has 0 aromatic heterocycles. The van der Waals surface area contributed by atoms with E-state index in [4.69, 9.17) is 9.47 Å². The van der Waals surface area contributed by atoms with Crippen LogP contribution in [0.3, 0.4) is 0 Å². The maximum Gasteiger partial charge on any atom is 0.324 e. The van der Waals surface area contributed by atoms with Gasteiger partial charge in [-0.2, -0.15) is 0 Å².